The van der Waals surface area contributed by atoms with Crippen molar-refractivity contribution in [3.05, 3.63) is 71.3 Å². The molecular formula is C23H26N2O2. The highest BCUT2D eigenvalue weighted by atomic mass is 16.5. The van der Waals surface area contributed by atoms with Crippen LogP contribution in [0.5, 0.6) is 0 Å². The molecule has 2 aromatic rings. The van der Waals surface area contributed by atoms with Crippen LogP contribution in [-0.2, 0) is 16.1 Å². The molecule has 3 saturated heterocycles. The van der Waals surface area contributed by atoms with E-state index < -0.39 is 0 Å². The number of hydrogen-bond acceptors (Lipinski definition) is 4. The molecule has 4 heteroatoms. The van der Waals surface area contributed by atoms with Gasteiger partial charge in [-0.15, -0.1) is 0 Å². The Labute approximate surface area is 160 Å². The third-order valence-electron chi connectivity index (χ3n) is 6.51. The summed E-state index contributed by atoms with van der Waals surface area (Å²) in [4.78, 5) is 15.7. The van der Waals surface area contributed by atoms with Crippen molar-refractivity contribution in [3.8, 4) is 0 Å². The lowest BCUT2D eigenvalue weighted by Crippen LogP contribution is -2.54. The molecule has 4 aliphatic heterocycles. The molecule has 0 amide bonds. The molecule has 0 radical (unpaired) electrons. The standard InChI is InChI=1S/C23H26N2O2/c26-23(27-20-15-25-12-10-16(20)11-13-25)22-21(17-6-2-1-3-7-17)19-9-5-4-8-18(19)14-24-22/h1-9,16,20-22,24H,10-15H2. The van der Waals surface area contributed by atoms with E-state index in [0.717, 1.165) is 38.0 Å². The van der Waals surface area contributed by atoms with Gasteiger partial charge in [0.2, 0.25) is 0 Å². The number of ether oxygens (including phenoxy) is 1. The van der Waals surface area contributed by atoms with Gasteiger partial charge in [0.15, 0.2) is 0 Å². The van der Waals surface area contributed by atoms with Crippen molar-refractivity contribution in [3.63, 3.8) is 0 Å². The van der Waals surface area contributed by atoms with Crippen LogP contribution in [0, 0.1) is 5.92 Å². The number of piperidine rings is 3. The monoisotopic (exact) mass is 362 g/mol. The normalized spacial score (nSPS) is 31.9. The third kappa shape index (κ3) is 3.17. The SMILES string of the molecule is O=C(OC1CN2CCC1CC2)C1NCc2ccccc2C1c1ccccc1. The fourth-order valence-electron chi connectivity index (χ4n) is 5.03. The van der Waals surface area contributed by atoms with Gasteiger partial charge in [-0.3, -0.25) is 15.0 Å². The van der Waals surface area contributed by atoms with Gasteiger partial charge in [-0.25, -0.2) is 0 Å². The maximum absolute atomic E-state index is 13.2. The summed E-state index contributed by atoms with van der Waals surface area (Å²) in [7, 11) is 0. The topological polar surface area (TPSA) is 41.6 Å². The van der Waals surface area contributed by atoms with Gasteiger partial charge in [-0.05, 0) is 48.5 Å². The predicted molar refractivity (Wildman–Crippen MR) is 104 cm³/mol. The molecule has 4 aliphatic rings. The molecule has 6 rings (SSSR count). The highest BCUT2D eigenvalue weighted by Gasteiger charge is 2.41. The predicted octanol–water partition coefficient (Wildman–Crippen LogP) is 2.93. The van der Waals surface area contributed by atoms with Crippen LogP contribution in [0.1, 0.15) is 35.4 Å². The third-order valence-corrected chi connectivity index (χ3v) is 6.51. The Morgan fingerprint density at radius 3 is 2.48 bits per heavy atom. The molecule has 4 heterocycles. The fourth-order valence-corrected chi connectivity index (χ4v) is 5.03. The Bertz CT molecular complexity index is 814. The summed E-state index contributed by atoms with van der Waals surface area (Å²) in [6, 6.07) is 18.4. The second kappa shape index (κ2) is 7.10. The first-order valence-electron chi connectivity index (χ1n) is 10.1. The van der Waals surface area contributed by atoms with Crippen molar-refractivity contribution in [1.29, 1.82) is 0 Å². The molecule has 27 heavy (non-hydrogen) atoms. The largest absolute Gasteiger partial charge is 0.460 e. The highest BCUT2D eigenvalue weighted by molar-refractivity contribution is 5.79. The summed E-state index contributed by atoms with van der Waals surface area (Å²) in [5.74, 6) is 0.423. The summed E-state index contributed by atoms with van der Waals surface area (Å²) in [5, 5.41) is 3.47. The van der Waals surface area contributed by atoms with Crippen molar-refractivity contribution < 1.29 is 9.53 Å². The average Bonchev–Trinajstić information content (AvgIpc) is 2.74. The van der Waals surface area contributed by atoms with Gasteiger partial charge in [0.25, 0.3) is 0 Å². The van der Waals surface area contributed by atoms with Crippen molar-refractivity contribution >= 4 is 5.97 Å². The Kier molecular flexibility index (Phi) is 4.46. The molecular weight excluding hydrogens is 336 g/mol. The van der Waals surface area contributed by atoms with Crippen molar-refractivity contribution in [2.75, 3.05) is 19.6 Å². The zero-order valence-electron chi connectivity index (χ0n) is 15.5. The van der Waals surface area contributed by atoms with Gasteiger partial charge in [0.1, 0.15) is 12.1 Å². The molecule has 2 bridgehead atoms. The van der Waals surface area contributed by atoms with E-state index >= 15 is 0 Å². The fraction of sp³-hybridized carbons (Fsp3) is 0.435. The maximum atomic E-state index is 13.2. The Hall–Kier alpha value is -2.17. The molecule has 0 saturated carbocycles. The van der Waals surface area contributed by atoms with Crippen LogP contribution in [0.15, 0.2) is 54.6 Å². The first-order valence-corrected chi connectivity index (χ1v) is 10.1. The number of rotatable bonds is 3. The lowest BCUT2D eigenvalue weighted by atomic mass is 9.80. The number of esters is 1. The number of nitrogens with zero attached hydrogens (tertiary/aromatic N) is 1. The number of carbonyl (C=O) groups excluding carboxylic acids is 1. The van der Waals surface area contributed by atoms with Gasteiger partial charge in [0, 0.05) is 19.0 Å². The highest BCUT2D eigenvalue weighted by Crippen LogP contribution is 2.36. The number of nitrogens with one attached hydrogen (secondary N) is 1. The van der Waals surface area contributed by atoms with E-state index in [4.69, 9.17) is 4.74 Å². The van der Waals surface area contributed by atoms with Crippen LogP contribution in [0.2, 0.25) is 0 Å². The number of benzene rings is 2. The summed E-state index contributed by atoms with van der Waals surface area (Å²) < 4.78 is 6.09. The molecule has 3 atom stereocenters. The quantitative estimate of drug-likeness (QED) is 0.853. The van der Waals surface area contributed by atoms with Crippen molar-refractivity contribution in [2.24, 2.45) is 5.92 Å². The van der Waals surface area contributed by atoms with Crippen LogP contribution < -0.4 is 5.32 Å². The maximum Gasteiger partial charge on any atom is 0.324 e. The molecule has 3 unspecified atom stereocenters. The Balaban J connectivity index is 1.43. The minimum atomic E-state index is -0.335. The minimum absolute atomic E-state index is 0.00951. The van der Waals surface area contributed by atoms with Crippen LogP contribution in [0.4, 0.5) is 0 Å². The van der Waals surface area contributed by atoms with Gasteiger partial charge in [-0.1, -0.05) is 54.6 Å². The molecule has 4 nitrogen and oxygen atoms in total. The van der Waals surface area contributed by atoms with E-state index in [1.165, 1.54) is 11.1 Å². The van der Waals surface area contributed by atoms with E-state index in [-0.39, 0.29) is 24.0 Å². The molecule has 0 aliphatic carbocycles. The average molecular weight is 362 g/mol. The lowest BCUT2D eigenvalue weighted by Gasteiger charge is -2.44. The van der Waals surface area contributed by atoms with Gasteiger partial charge in [0.05, 0.1) is 0 Å². The second-order valence-electron chi connectivity index (χ2n) is 8.06. The van der Waals surface area contributed by atoms with Gasteiger partial charge < -0.3 is 4.74 Å². The Morgan fingerprint density at radius 1 is 1.00 bits per heavy atom. The smallest absolute Gasteiger partial charge is 0.324 e. The summed E-state index contributed by atoms with van der Waals surface area (Å²) >= 11 is 0. The van der Waals surface area contributed by atoms with Crippen LogP contribution in [-0.4, -0.2) is 42.6 Å². The second-order valence-corrected chi connectivity index (χ2v) is 8.06. The molecule has 0 aromatic heterocycles. The molecule has 0 spiro atoms. The summed E-state index contributed by atoms with van der Waals surface area (Å²) in [5.41, 5.74) is 3.66. The number of carbonyl (C=O) groups is 1. The minimum Gasteiger partial charge on any atom is -0.460 e. The molecule has 2 aromatic carbocycles. The first kappa shape index (κ1) is 17.0. The molecule has 1 N–H and O–H groups in total. The zero-order valence-corrected chi connectivity index (χ0v) is 15.5. The van der Waals surface area contributed by atoms with E-state index in [9.17, 15) is 4.79 Å². The van der Waals surface area contributed by atoms with Gasteiger partial charge in [-0.2, -0.15) is 0 Å². The van der Waals surface area contributed by atoms with Crippen molar-refractivity contribution in [1.82, 2.24) is 10.2 Å². The number of hydrogen-bond donors (Lipinski definition) is 1. The number of fused-ring (bicyclic) bond motifs is 4. The zero-order chi connectivity index (χ0) is 18.2. The van der Waals surface area contributed by atoms with Crippen molar-refractivity contribution in [2.45, 2.75) is 37.5 Å². The van der Waals surface area contributed by atoms with Gasteiger partial charge >= 0.3 is 5.97 Å². The lowest BCUT2D eigenvalue weighted by molar-refractivity contribution is -0.162. The van der Waals surface area contributed by atoms with E-state index in [1.54, 1.807) is 0 Å². The van der Waals surface area contributed by atoms with Crippen LogP contribution in [0.25, 0.3) is 0 Å². The summed E-state index contributed by atoms with van der Waals surface area (Å²) in [6.07, 6.45) is 2.36. The van der Waals surface area contributed by atoms with Crippen LogP contribution >= 0.6 is 0 Å². The van der Waals surface area contributed by atoms with E-state index in [0.29, 0.717) is 12.5 Å². The molecule has 140 valence electrons. The summed E-state index contributed by atoms with van der Waals surface area (Å²) in [6.45, 7) is 3.91. The molecule has 3 fully saturated rings. The Morgan fingerprint density at radius 2 is 1.74 bits per heavy atom. The van der Waals surface area contributed by atoms with E-state index in [1.807, 2.05) is 18.2 Å². The van der Waals surface area contributed by atoms with E-state index in [2.05, 4.69) is 46.6 Å². The first-order chi connectivity index (χ1) is 13.3. The van der Waals surface area contributed by atoms with Crippen LogP contribution in [0.3, 0.4) is 0 Å².